The van der Waals surface area contributed by atoms with Crippen molar-refractivity contribution in [1.82, 2.24) is 14.9 Å². The highest BCUT2D eigenvalue weighted by molar-refractivity contribution is 7.99. The molecule has 1 saturated heterocycles. The molecule has 2 heterocycles. The summed E-state index contributed by atoms with van der Waals surface area (Å²) < 4.78 is 0. The van der Waals surface area contributed by atoms with Crippen molar-refractivity contribution in [2.45, 2.75) is 33.2 Å². The Kier molecular flexibility index (Phi) is 5.41. The number of nitrogens with zero attached hydrogens (tertiary/aromatic N) is 3. The van der Waals surface area contributed by atoms with Crippen molar-refractivity contribution in [3.05, 3.63) is 22.8 Å². The first-order valence-corrected chi connectivity index (χ1v) is 8.50. The van der Waals surface area contributed by atoms with Crippen LogP contribution in [0.5, 0.6) is 0 Å². The first-order chi connectivity index (χ1) is 9.52. The van der Waals surface area contributed by atoms with Gasteiger partial charge >= 0.3 is 0 Å². The minimum atomic E-state index is 0.354. The van der Waals surface area contributed by atoms with E-state index < -0.39 is 0 Å². The number of aryl methyl sites for hydroxylation is 2. The normalized spacial score (nSPS) is 21.9. The summed E-state index contributed by atoms with van der Waals surface area (Å²) in [4.78, 5) is 11.9. The van der Waals surface area contributed by atoms with Gasteiger partial charge in [0.2, 0.25) is 0 Å². The maximum atomic E-state index is 5.73. The minimum absolute atomic E-state index is 0.354. The average Bonchev–Trinajstić information content (AvgIpc) is 2.42. The van der Waals surface area contributed by atoms with Crippen LogP contribution in [0.25, 0.3) is 0 Å². The number of hydrogen-bond acceptors (Lipinski definition) is 5. The lowest BCUT2D eigenvalue weighted by molar-refractivity contribution is 0.263. The molecule has 2 atom stereocenters. The van der Waals surface area contributed by atoms with Gasteiger partial charge in [-0.3, -0.25) is 4.90 Å². The largest absolute Gasteiger partial charge is 0.330 e. The molecule has 112 valence electrons. The lowest BCUT2D eigenvalue weighted by Gasteiger charge is -2.31. The van der Waals surface area contributed by atoms with E-state index in [-0.39, 0.29) is 0 Å². The topological polar surface area (TPSA) is 55.0 Å². The molecule has 4 nitrogen and oxygen atoms in total. The van der Waals surface area contributed by atoms with Gasteiger partial charge in [-0.2, -0.15) is 11.8 Å². The van der Waals surface area contributed by atoms with Crippen molar-refractivity contribution in [3.63, 3.8) is 0 Å². The van der Waals surface area contributed by atoms with Crippen LogP contribution in [0.4, 0.5) is 0 Å². The summed E-state index contributed by atoms with van der Waals surface area (Å²) in [6.45, 7) is 8.21. The molecule has 2 rings (SSSR count). The lowest BCUT2D eigenvalue weighted by Crippen LogP contribution is -2.34. The summed E-state index contributed by atoms with van der Waals surface area (Å²) in [6, 6.07) is 0.354. The van der Waals surface area contributed by atoms with Crippen LogP contribution in [0, 0.1) is 19.8 Å². The van der Waals surface area contributed by atoms with Gasteiger partial charge in [-0.25, -0.2) is 9.97 Å². The Morgan fingerprint density at radius 2 is 2.00 bits per heavy atom. The van der Waals surface area contributed by atoms with Crippen LogP contribution < -0.4 is 5.73 Å². The fraction of sp³-hybridized carbons (Fsp3) is 0.733. The second kappa shape index (κ2) is 6.87. The summed E-state index contributed by atoms with van der Waals surface area (Å²) in [7, 11) is 2.17. The van der Waals surface area contributed by atoms with Crippen molar-refractivity contribution in [3.8, 4) is 0 Å². The van der Waals surface area contributed by atoms with E-state index in [1.165, 1.54) is 11.3 Å². The van der Waals surface area contributed by atoms with E-state index in [9.17, 15) is 0 Å². The molecule has 20 heavy (non-hydrogen) atoms. The Balaban J connectivity index is 2.25. The van der Waals surface area contributed by atoms with Crippen molar-refractivity contribution in [2.75, 3.05) is 31.6 Å². The van der Waals surface area contributed by atoms with Gasteiger partial charge in [0.15, 0.2) is 0 Å². The average molecular weight is 294 g/mol. The van der Waals surface area contributed by atoms with Gasteiger partial charge in [-0.05, 0) is 45.3 Å². The van der Waals surface area contributed by atoms with E-state index in [2.05, 4.69) is 32.7 Å². The molecule has 0 radical (unpaired) electrons. The first kappa shape index (κ1) is 15.7. The maximum absolute atomic E-state index is 5.73. The Bertz CT molecular complexity index is 440. The predicted molar refractivity (Wildman–Crippen MR) is 86.1 cm³/mol. The molecule has 0 aromatic carbocycles. The van der Waals surface area contributed by atoms with Gasteiger partial charge in [0.1, 0.15) is 5.82 Å². The Hall–Kier alpha value is -0.650. The highest BCUT2D eigenvalue weighted by atomic mass is 32.2. The second-order valence-electron chi connectivity index (χ2n) is 5.85. The van der Waals surface area contributed by atoms with E-state index >= 15 is 0 Å². The molecule has 1 fully saturated rings. The van der Waals surface area contributed by atoms with Crippen LogP contribution in [0.2, 0.25) is 0 Å². The molecule has 0 aliphatic carbocycles. The quantitative estimate of drug-likeness (QED) is 0.920. The zero-order chi connectivity index (χ0) is 14.7. The third-order valence-electron chi connectivity index (χ3n) is 4.09. The van der Waals surface area contributed by atoms with E-state index in [4.69, 9.17) is 15.7 Å². The first-order valence-electron chi connectivity index (χ1n) is 7.35. The summed E-state index contributed by atoms with van der Waals surface area (Å²) in [5.74, 6) is 3.76. The molecular weight excluding hydrogens is 268 g/mol. The molecule has 2 unspecified atom stereocenters. The third kappa shape index (κ3) is 3.51. The monoisotopic (exact) mass is 294 g/mol. The van der Waals surface area contributed by atoms with E-state index in [0.717, 1.165) is 35.9 Å². The Morgan fingerprint density at radius 3 is 2.55 bits per heavy atom. The molecule has 0 bridgehead atoms. The van der Waals surface area contributed by atoms with Crippen LogP contribution in [-0.2, 0) is 6.42 Å². The van der Waals surface area contributed by atoms with Crippen molar-refractivity contribution in [2.24, 2.45) is 11.7 Å². The molecule has 0 saturated carbocycles. The summed E-state index contributed by atoms with van der Waals surface area (Å²) in [6.07, 6.45) is 0.976. The predicted octanol–water partition coefficient (Wildman–Crippen LogP) is 1.95. The fourth-order valence-electron chi connectivity index (χ4n) is 2.60. The molecular formula is C15H26N4S. The number of aromatic nitrogens is 2. The zero-order valence-corrected chi connectivity index (χ0v) is 13.8. The van der Waals surface area contributed by atoms with Gasteiger partial charge < -0.3 is 5.73 Å². The number of rotatable bonds is 4. The van der Waals surface area contributed by atoms with Crippen molar-refractivity contribution in [1.29, 1.82) is 0 Å². The van der Waals surface area contributed by atoms with Gasteiger partial charge in [0.25, 0.3) is 0 Å². The molecule has 2 N–H and O–H groups in total. The Labute approximate surface area is 126 Å². The van der Waals surface area contributed by atoms with Crippen LogP contribution >= 0.6 is 11.8 Å². The summed E-state index contributed by atoms with van der Waals surface area (Å²) >= 11 is 1.99. The fourth-order valence-corrected chi connectivity index (χ4v) is 3.81. The standard InChI is InChI=1S/C15H26N4S/c1-10(8-16)7-13-11(2)17-15(18-12(13)3)14-9-20-6-5-19(14)4/h10,14H,5-9,16H2,1-4H3. The summed E-state index contributed by atoms with van der Waals surface area (Å²) in [5.41, 5.74) is 9.25. The highest BCUT2D eigenvalue weighted by Crippen LogP contribution is 2.27. The molecule has 1 aromatic rings. The minimum Gasteiger partial charge on any atom is -0.330 e. The molecule has 1 aliphatic rings. The SMILES string of the molecule is Cc1nc(C2CSCCN2C)nc(C)c1CC(C)CN. The molecule has 0 spiro atoms. The van der Waals surface area contributed by atoms with Crippen LogP contribution in [0.15, 0.2) is 0 Å². The molecule has 0 amide bonds. The van der Waals surface area contributed by atoms with E-state index in [1.807, 2.05) is 11.8 Å². The summed E-state index contributed by atoms with van der Waals surface area (Å²) in [5, 5.41) is 0. The van der Waals surface area contributed by atoms with Crippen LogP contribution in [-0.4, -0.2) is 46.5 Å². The van der Waals surface area contributed by atoms with Crippen LogP contribution in [0.1, 0.15) is 35.7 Å². The molecule has 1 aromatic heterocycles. The lowest BCUT2D eigenvalue weighted by atomic mass is 9.99. The van der Waals surface area contributed by atoms with Gasteiger partial charge in [0, 0.05) is 29.4 Å². The highest BCUT2D eigenvalue weighted by Gasteiger charge is 2.24. The van der Waals surface area contributed by atoms with Crippen molar-refractivity contribution < 1.29 is 0 Å². The molecule has 1 aliphatic heterocycles. The maximum Gasteiger partial charge on any atom is 0.146 e. The molecule has 5 heteroatoms. The van der Waals surface area contributed by atoms with E-state index in [0.29, 0.717) is 18.5 Å². The van der Waals surface area contributed by atoms with Crippen LogP contribution in [0.3, 0.4) is 0 Å². The smallest absolute Gasteiger partial charge is 0.146 e. The zero-order valence-electron chi connectivity index (χ0n) is 13.0. The van der Waals surface area contributed by atoms with Crippen molar-refractivity contribution >= 4 is 11.8 Å². The van der Waals surface area contributed by atoms with E-state index in [1.54, 1.807) is 0 Å². The second-order valence-corrected chi connectivity index (χ2v) is 7.00. The third-order valence-corrected chi connectivity index (χ3v) is 5.11. The van der Waals surface area contributed by atoms with Gasteiger partial charge in [0.05, 0.1) is 6.04 Å². The van der Waals surface area contributed by atoms with Gasteiger partial charge in [-0.15, -0.1) is 0 Å². The number of nitrogens with two attached hydrogens (primary N) is 1. The number of hydrogen-bond donors (Lipinski definition) is 1. The van der Waals surface area contributed by atoms with Gasteiger partial charge in [-0.1, -0.05) is 6.92 Å². The number of thioether (sulfide) groups is 1. The Morgan fingerprint density at radius 1 is 1.35 bits per heavy atom.